The van der Waals surface area contributed by atoms with Crippen molar-refractivity contribution in [2.24, 2.45) is 0 Å². The van der Waals surface area contributed by atoms with E-state index in [0.717, 1.165) is 4.47 Å². The molecule has 0 amide bonds. The maximum atomic E-state index is 3.53. The Bertz CT molecular complexity index is 505. The van der Waals surface area contributed by atoms with Gasteiger partial charge in [0.1, 0.15) is 6.20 Å². The zero-order valence-electron chi connectivity index (χ0n) is 8.17. The Kier molecular flexibility index (Phi) is 2.22. The summed E-state index contributed by atoms with van der Waals surface area (Å²) in [5, 5.41) is 0. The Labute approximate surface area is 106 Å². The molecule has 15 heavy (non-hydrogen) atoms. The fraction of sp³-hybridized carbons (Fsp3) is 0. The number of hydrogen-bond donors (Lipinski definition) is 0. The topological polar surface area (TPSA) is 3.88 Å². The molecule has 74 valence electrons. The Morgan fingerprint density at radius 2 is 1.80 bits per heavy atom. The molecule has 0 atom stereocenters. The highest BCUT2D eigenvalue weighted by Crippen LogP contribution is 2.21. The van der Waals surface area contributed by atoms with Crippen LogP contribution >= 0.6 is 31.9 Å². The molecule has 0 fully saturated rings. The van der Waals surface area contributed by atoms with E-state index in [4.69, 9.17) is 0 Å². The summed E-state index contributed by atoms with van der Waals surface area (Å²) in [6.45, 7) is 0. The van der Waals surface area contributed by atoms with Gasteiger partial charge in [-0.1, -0.05) is 28.1 Å². The van der Waals surface area contributed by atoms with Crippen molar-refractivity contribution in [1.82, 2.24) is 0 Å². The zero-order valence-corrected chi connectivity index (χ0v) is 11.3. The van der Waals surface area contributed by atoms with Crippen molar-refractivity contribution in [2.75, 3.05) is 0 Å². The van der Waals surface area contributed by atoms with Gasteiger partial charge in [-0.15, -0.1) is 5.46 Å². The van der Waals surface area contributed by atoms with Crippen LogP contribution in [0, 0.1) is 0 Å². The lowest BCUT2D eigenvalue weighted by Crippen LogP contribution is -2.42. The molecular weight excluding hydrogens is 317 g/mol. The number of halogens is 2. The van der Waals surface area contributed by atoms with Crippen LogP contribution in [-0.4, -0.2) is 7.41 Å². The van der Waals surface area contributed by atoms with Gasteiger partial charge in [-0.25, -0.2) is 0 Å². The average Bonchev–Trinajstić information content (AvgIpc) is 2.53. The van der Waals surface area contributed by atoms with Crippen LogP contribution < -0.4 is 9.94 Å². The molecule has 1 aliphatic heterocycles. The second-order valence-corrected chi connectivity index (χ2v) is 5.86. The first-order valence-electron chi connectivity index (χ1n) is 4.99. The maximum Gasteiger partial charge on any atom is 0.281 e. The molecule has 0 aliphatic carbocycles. The summed E-state index contributed by atoms with van der Waals surface area (Å²) >= 11 is 7.04. The highest BCUT2D eigenvalue weighted by Gasteiger charge is 2.19. The predicted molar refractivity (Wildman–Crippen MR) is 71.0 cm³/mol. The van der Waals surface area contributed by atoms with E-state index in [1.807, 2.05) is 0 Å². The molecule has 0 spiro atoms. The van der Waals surface area contributed by atoms with Gasteiger partial charge in [0.05, 0.1) is 4.47 Å². The molecule has 0 radical (unpaired) electrons. The van der Waals surface area contributed by atoms with Crippen molar-refractivity contribution in [1.29, 1.82) is 0 Å². The summed E-state index contributed by atoms with van der Waals surface area (Å²) in [6, 6.07) is 10.9. The Morgan fingerprint density at radius 3 is 2.67 bits per heavy atom. The second-order valence-electron chi connectivity index (χ2n) is 4.03. The van der Waals surface area contributed by atoms with E-state index in [9.17, 15) is 0 Å². The summed E-state index contributed by atoms with van der Waals surface area (Å²) in [6.07, 6.45) is 2.18. The second kappa shape index (κ2) is 3.46. The van der Waals surface area contributed by atoms with Crippen molar-refractivity contribution in [2.45, 2.75) is 0 Å². The third-order valence-corrected chi connectivity index (χ3v) is 4.01. The molecule has 0 unspecified atom stereocenters. The van der Waals surface area contributed by atoms with Crippen molar-refractivity contribution >= 4 is 44.7 Å². The summed E-state index contributed by atoms with van der Waals surface area (Å²) in [7, 11) is -0.215. The smallest absolute Gasteiger partial charge is 0.281 e. The van der Waals surface area contributed by atoms with E-state index in [1.54, 1.807) is 0 Å². The molecule has 0 bridgehead atoms. The largest absolute Gasteiger partial charge is 0.420 e. The molecule has 0 saturated carbocycles. The SMILES string of the molecule is Brc1ccc2c(c1)[BH2-][n+]1cc(Br)ccc1-2. The maximum absolute atomic E-state index is 3.53. The molecular formula is C11H8BBr2N. The lowest BCUT2D eigenvalue weighted by atomic mass is 9.83. The van der Waals surface area contributed by atoms with Gasteiger partial charge >= 0.3 is 0 Å². The first kappa shape index (κ1) is 9.61. The van der Waals surface area contributed by atoms with Crippen LogP contribution in [-0.2, 0) is 0 Å². The lowest BCUT2D eigenvalue weighted by Gasteiger charge is -2.00. The fourth-order valence-electron chi connectivity index (χ4n) is 2.40. The van der Waals surface area contributed by atoms with Crippen LogP contribution in [0.25, 0.3) is 11.3 Å². The molecule has 3 rings (SSSR count). The molecule has 0 N–H and O–H groups in total. The average molecular weight is 325 g/mol. The highest BCUT2D eigenvalue weighted by atomic mass is 79.9. The van der Waals surface area contributed by atoms with Gasteiger partial charge in [0.2, 0.25) is 0 Å². The monoisotopic (exact) mass is 323 g/mol. The van der Waals surface area contributed by atoms with Crippen LogP contribution in [0.5, 0.6) is 0 Å². The van der Waals surface area contributed by atoms with Crippen LogP contribution in [0.1, 0.15) is 0 Å². The number of rotatable bonds is 0. The molecule has 4 heteroatoms. The minimum Gasteiger partial charge on any atom is -0.420 e. The van der Waals surface area contributed by atoms with E-state index in [-0.39, 0.29) is 7.41 Å². The Hall–Kier alpha value is -0.605. The standard InChI is InChI=1S/C11H8BBr2N/c13-7-1-3-9-10(5-7)12-15-6-8(14)2-4-11(9)15/h1-6H,12H2. The van der Waals surface area contributed by atoms with Crippen LogP contribution in [0.2, 0.25) is 0 Å². The van der Waals surface area contributed by atoms with Gasteiger partial charge in [0.15, 0.2) is 5.69 Å². The predicted octanol–water partition coefficient (Wildman–Crippen LogP) is 1.74. The minimum absolute atomic E-state index is 0.215. The summed E-state index contributed by atoms with van der Waals surface area (Å²) < 4.78 is 4.72. The van der Waals surface area contributed by atoms with E-state index in [2.05, 4.69) is 72.9 Å². The fourth-order valence-corrected chi connectivity index (χ4v) is 3.31. The van der Waals surface area contributed by atoms with Gasteiger partial charge in [-0.2, -0.15) is 0 Å². The Balaban J connectivity index is 2.24. The number of benzene rings is 1. The van der Waals surface area contributed by atoms with Gasteiger partial charge < -0.3 is 4.48 Å². The molecule has 0 saturated heterocycles. The molecule has 1 aromatic heterocycles. The van der Waals surface area contributed by atoms with E-state index in [1.165, 1.54) is 21.2 Å². The van der Waals surface area contributed by atoms with Gasteiger partial charge in [-0.05, 0) is 28.1 Å². The number of aromatic nitrogens is 1. The van der Waals surface area contributed by atoms with Crippen LogP contribution in [0.15, 0.2) is 45.5 Å². The van der Waals surface area contributed by atoms with E-state index >= 15 is 0 Å². The summed E-state index contributed by atoms with van der Waals surface area (Å²) in [4.78, 5) is 0. The summed E-state index contributed by atoms with van der Waals surface area (Å²) in [5.41, 5.74) is 4.24. The van der Waals surface area contributed by atoms with Crippen molar-refractivity contribution < 1.29 is 4.48 Å². The van der Waals surface area contributed by atoms with Gasteiger partial charge in [-0.3, -0.25) is 0 Å². The van der Waals surface area contributed by atoms with Crippen LogP contribution in [0.3, 0.4) is 0 Å². The van der Waals surface area contributed by atoms with Crippen LogP contribution in [0.4, 0.5) is 0 Å². The lowest BCUT2D eigenvalue weighted by molar-refractivity contribution is -0.512. The minimum atomic E-state index is -0.215. The first-order chi connectivity index (χ1) is 7.24. The number of hydrogen-bond acceptors (Lipinski definition) is 0. The van der Waals surface area contributed by atoms with Gasteiger partial charge in [0.25, 0.3) is 7.41 Å². The Morgan fingerprint density at radius 1 is 1.00 bits per heavy atom. The molecule has 1 aromatic carbocycles. The third kappa shape index (κ3) is 1.56. The molecule has 2 aromatic rings. The normalized spacial score (nSPS) is 12.4. The summed E-state index contributed by atoms with van der Waals surface area (Å²) in [5.74, 6) is 0. The van der Waals surface area contributed by atoms with E-state index in [0.29, 0.717) is 0 Å². The number of pyridine rings is 1. The third-order valence-electron chi connectivity index (χ3n) is 3.04. The van der Waals surface area contributed by atoms with E-state index < -0.39 is 0 Å². The number of fused-ring (bicyclic) bond motifs is 3. The quantitative estimate of drug-likeness (QED) is 0.555. The van der Waals surface area contributed by atoms with Crippen molar-refractivity contribution in [3.63, 3.8) is 0 Å². The first-order valence-corrected chi connectivity index (χ1v) is 6.58. The van der Waals surface area contributed by atoms with Crippen molar-refractivity contribution in [3.05, 3.63) is 45.5 Å². The highest BCUT2D eigenvalue weighted by molar-refractivity contribution is 9.10. The molecule has 2 heterocycles. The molecule has 1 aliphatic rings. The molecule has 1 nitrogen and oxygen atoms in total. The van der Waals surface area contributed by atoms with Crippen molar-refractivity contribution in [3.8, 4) is 11.3 Å². The number of nitrogens with zero attached hydrogens (tertiary/aromatic N) is 1. The zero-order chi connectivity index (χ0) is 10.4. The van der Waals surface area contributed by atoms with Gasteiger partial charge in [0, 0.05) is 16.1 Å².